The number of halogens is 2. The first kappa shape index (κ1) is 19.0. The maximum atomic E-state index is 13.4. The van der Waals surface area contributed by atoms with Crippen molar-refractivity contribution >= 4 is 17.6 Å². The number of amides is 1. The van der Waals surface area contributed by atoms with Gasteiger partial charge in [0.05, 0.1) is 32.1 Å². The topological polar surface area (TPSA) is 86.2 Å². The smallest absolute Gasteiger partial charge is 0.313 e. The van der Waals surface area contributed by atoms with Crippen LogP contribution in [0.5, 0.6) is 0 Å². The predicted molar refractivity (Wildman–Crippen MR) is 89.8 cm³/mol. The Bertz CT molecular complexity index is 793. The minimum atomic E-state index is -1.55. The molecular weight excluding hydrogens is 362 g/mol. The lowest BCUT2D eigenvalue weighted by Gasteiger charge is -2.25. The number of nitrogens with zero attached hydrogens (tertiary/aromatic N) is 1. The molecule has 0 aliphatic carbocycles. The first-order valence-corrected chi connectivity index (χ1v) is 8.20. The molecule has 2 aliphatic heterocycles. The van der Waals surface area contributed by atoms with Crippen molar-refractivity contribution in [2.75, 3.05) is 20.3 Å². The Morgan fingerprint density at radius 3 is 2.67 bits per heavy atom. The zero-order chi connectivity index (χ0) is 19.6. The molecule has 0 bridgehead atoms. The quantitative estimate of drug-likeness (QED) is 0.615. The van der Waals surface area contributed by atoms with Crippen LogP contribution in [-0.4, -0.2) is 49.6 Å². The van der Waals surface area contributed by atoms with Gasteiger partial charge in [-0.1, -0.05) is 11.7 Å². The summed E-state index contributed by atoms with van der Waals surface area (Å²) in [5.41, 5.74) is -1.18. The van der Waals surface area contributed by atoms with Gasteiger partial charge in [-0.2, -0.15) is 0 Å². The Balaban J connectivity index is 1.74. The molecule has 3 rings (SSSR count). The molecule has 2 unspecified atom stereocenters. The van der Waals surface area contributed by atoms with E-state index in [4.69, 9.17) is 14.3 Å². The summed E-state index contributed by atoms with van der Waals surface area (Å²) in [4.78, 5) is 29.9. The summed E-state index contributed by atoms with van der Waals surface area (Å²) in [7, 11) is 1.25. The van der Waals surface area contributed by atoms with E-state index in [1.165, 1.54) is 13.2 Å². The maximum Gasteiger partial charge on any atom is 0.313 e. The van der Waals surface area contributed by atoms with Crippen LogP contribution in [0, 0.1) is 17.6 Å². The normalized spacial score (nSPS) is 26.9. The van der Waals surface area contributed by atoms with E-state index in [-0.39, 0.29) is 30.9 Å². The number of nitrogens with one attached hydrogen (secondary N) is 1. The third-order valence-electron chi connectivity index (χ3n) is 4.56. The lowest BCUT2D eigenvalue weighted by atomic mass is 9.92. The second kappa shape index (κ2) is 7.43. The standard InChI is InChI=1S/C18H18F2N2O5/c1-3-18(17(24)21-15-9-26-8-13(15)16(23)25-2)7-14(22-27-18)10-4-11(19)6-12(20)5-10/h3-6,13,15H,1,7-9H2,2H3,(H,21,24)/t13?,15?,18-/m1/s1. The van der Waals surface area contributed by atoms with E-state index in [1.807, 2.05) is 0 Å². The molecule has 2 heterocycles. The Kier molecular flexibility index (Phi) is 5.22. The maximum absolute atomic E-state index is 13.4. The van der Waals surface area contributed by atoms with Gasteiger partial charge in [0, 0.05) is 18.1 Å². The summed E-state index contributed by atoms with van der Waals surface area (Å²) in [5, 5.41) is 6.50. The van der Waals surface area contributed by atoms with Crippen LogP contribution >= 0.6 is 0 Å². The summed E-state index contributed by atoms with van der Waals surface area (Å²) >= 11 is 0. The van der Waals surface area contributed by atoms with Gasteiger partial charge in [0.1, 0.15) is 17.6 Å². The SMILES string of the molecule is C=C[C@]1(C(=O)NC2COCC2C(=O)OC)CC(c2cc(F)cc(F)c2)=NO1. The largest absolute Gasteiger partial charge is 0.469 e. The highest BCUT2D eigenvalue weighted by molar-refractivity contribution is 6.06. The van der Waals surface area contributed by atoms with E-state index >= 15 is 0 Å². The van der Waals surface area contributed by atoms with Gasteiger partial charge in [-0.3, -0.25) is 9.59 Å². The van der Waals surface area contributed by atoms with Crippen LogP contribution in [0.25, 0.3) is 0 Å². The number of rotatable bonds is 5. The van der Waals surface area contributed by atoms with Crippen molar-refractivity contribution in [1.82, 2.24) is 5.32 Å². The lowest BCUT2D eigenvalue weighted by molar-refractivity contribution is -0.146. The molecular formula is C18H18F2N2O5. The molecule has 0 saturated carbocycles. The Labute approximate surface area is 154 Å². The average Bonchev–Trinajstić information content (AvgIpc) is 3.28. The molecule has 7 nitrogen and oxygen atoms in total. The van der Waals surface area contributed by atoms with E-state index in [1.54, 1.807) is 0 Å². The van der Waals surface area contributed by atoms with Crippen LogP contribution in [0.2, 0.25) is 0 Å². The van der Waals surface area contributed by atoms with Crippen molar-refractivity contribution < 1.29 is 32.7 Å². The van der Waals surface area contributed by atoms with Gasteiger partial charge < -0.3 is 19.6 Å². The highest BCUT2D eigenvalue weighted by atomic mass is 19.1. The number of hydrogen-bond acceptors (Lipinski definition) is 6. The zero-order valence-corrected chi connectivity index (χ0v) is 14.5. The number of ether oxygens (including phenoxy) is 2. The van der Waals surface area contributed by atoms with E-state index in [2.05, 4.69) is 17.1 Å². The van der Waals surface area contributed by atoms with E-state index in [0.717, 1.165) is 18.2 Å². The first-order valence-electron chi connectivity index (χ1n) is 8.20. The molecule has 3 atom stereocenters. The molecule has 1 saturated heterocycles. The highest BCUT2D eigenvalue weighted by Crippen LogP contribution is 2.30. The third-order valence-corrected chi connectivity index (χ3v) is 4.56. The minimum absolute atomic E-state index is 0.0678. The molecule has 9 heteroatoms. The second-order valence-corrected chi connectivity index (χ2v) is 6.30. The van der Waals surface area contributed by atoms with Crippen molar-refractivity contribution in [3.8, 4) is 0 Å². The van der Waals surface area contributed by atoms with Crippen LogP contribution in [0.1, 0.15) is 12.0 Å². The number of carbonyl (C=O) groups is 2. The molecule has 0 radical (unpaired) electrons. The third kappa shape index (κ3) is 3.68. The van der Waals surface area contributed by atoms with Gasteiger partial charge in [0.25, 0.3) is 5.91 Å². The number of oxime groups is 1. The Hall–Kier alpha value is -2.81. The predicted octanol–water partition coefficient (Wildman–Crippen LogP) is 1.32. The van der Waals surface area contributed by atoms with E-state index < -0.39 is 41.1 Å². The average molecular weight is 380 g/mol. The molecule has 0 spiro atoms. The second-order valence-electron chi connectivity index (χ2n) is 6.30. The molecule has 1 fully saturated rings. The zero-order valence-electron chi connectivity index (χ0n) is 14.5. The molecule has 27 heavy (non-hydrogen) atoms. The van der Waals surface area contributed by atoms with Crippen LogP contribution in [0.15, 0.2) is 36.0 Å². The number of hydrogen-bond donors (Lipinski definition) is 1. The van der Waals surface area contributed by atoms with Crippen molar-refractivity contribution in [2.24, 2.45) is 11.1 Å². The fourth-order valence-corrected chi connectivity index (χ4v) is 3.02. The fraction of sp³-hybridized carbons (Fsp3) is 0.389. The molecule has 1 aromatic rings. The van der Waals surface area contributed by atoms with Crippen LogP contribution in [-0.2, 0) is 23.9 Å². The molecule has 0 aromatic heterocycles. The van der Waals surface area contributed by atoms with Gasteiger partial charge in [-0.05, 0) is 18.2 Å². The fourth-order valence-electron chi connectivity index (χ4n) is 3.02. The molecule has 1 N–H and O–H groups in total. The minimum Gasteiger partial charge on any atom is -0.469 e. The summed E-state index contributed by atoms with van der Waals surface area (Å²) in [6.07, 6.45) is 1.19. The monoisotopic (exact) mass is 380 g/mol. The van der Waals surface area contributed by atoms with Gasteiger partial charge in [-0.15, -0.1) is 0 Å². The lowest BCUT2D eigenvalue weighted by Crippen LogP contribution is -2.52. The van der Waals surface area contributed by atoms with Gasteiger partial charge in [0.2, 0.25) is 5.60 Å². The number of methoxy groups -OCH3 is 1. The molecule has 1 aromatic carbocycles. The van der Waals surface area contributed by atoms with Crippen LogP contribution < -0.4 is 5.32 Å². The van der Waals surface area contributed by atoms with E-state index in [0.29, 0.717) is 0 Å². The first-order chi connectivity index (χ1) is 12.9. The van der Waals surface area contributed by atoms with E-state index in [9.17, 15) is 18.4 Å². The molecule has 144 valence electrons. The molecule has 2 aliphatic rings. The van der Waals surface area contributed by atoms with Crippen molar-refractivity contribution in [1.29, 1.82) is 0 Å². The van der Waals surface area contributed by atoms with Crippen molar-refractivity contribution in [3.63, 3.8) is 0 Å². The Morgan fingerprint density at radius 2 is 2.04 bits per heavy atom. The highest BCUT2D eigenvalue weighted by Gasteiger charge is 2.47. The van der Waals surface area contributed by atoms with Gasteiger partial charge in [-0.25, -0.2) is 8.78 Å². The summed E-state index contributed by atoms with van der Waals surface area (Å²) in [5.74, 6) is -3.25. The van der Waals surface area contributed by atoms with Gasteiger partial charge in [0.15, 0.2) is 0 Å². The van der Waals surface area contributed by atoms with Crippen LogP contribution in [0.3, 0.4) is 0 Å². The summed E-state index contributed by atoms with van der Waals surface area (Å²) < 4.78 is 36.8. The van der Waals surface area contributed by atoms with Crippen LogP contribution in [0.4, 0.5) is 8.78 Å². The number of benzene rings is 1. The summed E-state index contributed by atoms with van der Waals surface area (Å²) in [6.45, 7) is 3.88. The molecule has 1 amide bonds. The van der Waals surface area contributed by atoms with Gasteiger partial charge >= 0.3 is 5.97 Å². The number of carbonyl (C=O) groups excluding carboxylic acids is 2. The van der Waals surface area contributed by atoms with Crippen molar-refractivity contribution in [3.05, 3.63) is 48.1 Å². The van der Waals surface area contributed by atoms with Crippen molar-refractivity contribution in [2.45, 2.75) is 18.1 Å². The number of esters is 1. The Morgan fingerprint density at radius 1 is 1.33 bits per heavy atom. The summed E-state index contributed by atoms with van der Waals surface area (Å²) in [6, 6.07) is 2.34.